The summed E-state index contributed by atoms with van der Waals surface area (Å²) in [6, 6.07) is 8.63. The molecule has 2 saturated carbocycles. The molecule has 0 saturated heterocycles. The zero-order valence-corrected chi connectivity index (χ0v) is 20.5. The molecule has 2 fully saturated rings. The third-order valence-electron chi connectivity index (χ3n) is 8.28. The van der Waals surface area contributed by atoms with E-state index >= 15 is 0 Å². The number of amides is 1. The molecule has 0 radical (unpaired) electrons. The molecule has 2 heteroatoms. The minimum Gasteiger partial charge on any atom is -0.322 e. The van der Waals surface area contributed by atoms with Crippen LogP contribution in [0.5, 0.6) is 0 Å². The molecule has 1 amide bonds. The van der Waals surface area contributed by atoms with Gasteiger partial charge in [-0.3, -0.25) is 4.79 Å². The Balaban J connectivity index is 1.43. The standard InChI is InChI=1S/C29H45NO/c1-5-6-7-8-23-9-11-24(12-10-23)25-13-15-26(16-14-25)27-17-19-28(20-18-27)30-29(31)22(4)21(2)3/h17-20,23-26H,5-16H2,1-4H3,(H,30,31). The minimum absolute atomic E-state index is 0.00772. The summed E-state index contributed by atoms with van der Waals surface area (Å²) in [5.41, 5.74) is 4.22. The van der Waals surface area contributed by atoms with Crippen LogP contribution in [0.2, 0.25) is 0 Å². The number of carbonyl (C=O) groups is 1. The van der Waals surface area contributed by atoms with Crippen LogP contribution in [-0.4, -0.2) is 5.91 Å². The van der Waals surface area contributed by atoms with E-state index in [1.54, 1.807) is 0 Å². The van der Waals surface area contributed by atoms with Gasteiger partial charge in [0.25, 0.3) is 5.91 Å². The van der Waals surface area contributed by atoms with E-state index in [4.69, 9.17) is 0 Å². The first-order valence-electron chi connectivity index (χ1n) is 13.0. The Labute approximate surface area is 191 Å². The Hall–Kier alpha value is -1.57. The van der Waals surface area contributed by atoms with Crippen LogP contribution in [0.4, 0.5) is 5.69 Å². The smallest absolute Gasteiger partial charge is 0.251 e. The molecule has 1 aromatic carbocycles. The monoisotopic (exact) mass is 423 g/mol. The Kier molecular flexibility index (Phi) is 9.23. The summed E-state index contributed by atoms with van der Waals surface area (Å²) in [5.74, 6) is 3.70. The van der Waals surface area contributed by atoms with Gasteiger partial charge < -0.3 is 5.32 Å². The lowest BCUT2D eigenvalue weighted by Gasteiger charge is -2.38. The van der Waals surface area contributed by atoms with Crippen LogP contribution in [0.25, 0.3) is 0 Å². The van der Waals surface area contributed by atoms with Gasteiger partial charge in [-0.05, 0) is 101 Å². The Morgan fingerprint density at radius 2 is 1.42 bits per heavy atom. The van der Waals surface area contributed by atoms with Crippen molar-refractivity contribution in [2.24, 2.45) is 17.8 Å². The minimum atomic E-state index is 0.00772. The molecular weight excluding hydrogens is 378 g/mol. The maximum absolute atomic E-state index is 12.2. The Morgan fingerprint density at radius 1 is 0.839 bits per heavy atom. The lowest BCUT2D eigenvalue weighted by Crippen LogP contribution is -2.25. The van der Waals surface area contributed by atoms with E-state index in [0.717, 1.165) is 34.6 Å². The molecule has 172 valence electrons. The largest absolute Gasteiger partial charge is 0.322 e. The topological polar surface area (TPSA) is 29.1 Å². The van der Waals surface area contributed by atoms with E-state index in [2.05, 4.69) is 36.5 Å². The highest BCUT2D eigenvalue weighted by Crippen LogP contribution is 2.44. The molecule has 3 rings (SSSR count). The van der Waals surface area contributed by atoms with Crippen molar-refractivity contribution in [3.63, 3.8) is 0 Å². The molecule has 31 heavy (non-hydrogen) atoms. The molecular formula is C29H45NO. The molecule has 2 aliphatic carbocycles. The Morgan fingerprint density at radius 3 is 1.97 bits per heavy atom. The van der Waals surface area contributed by atoms with E-state index in [0.29, 0.717) is 5.92 Å². The third kappa shape index (κ3) is 6.96. The van der Waals surface area contributed by atoms with Crippen molar-refractivity contribution in [3.05, 3.63) is 41.0 Å². The van der Waals surface area contributed by atoms with Gasteiger partial charge in [-0.15, -0.1) is 0 Å². The predicted molar refractivity (Wildman–Crippen MR) is 133 cm³/mol. The molecule has 0 heterocycles. The number of anilines is 1. The molecule has 0 bridgehead atoms. The van der Waals surface area contributed by atoms with E-state index in [1.807, 2.05) is 20.8 Å². The first-order chi connectivity index (χ1) is 15.0. The fourth-order valence-corrected chi connectivity index (χ4v) is 5.85. The van der Waals surface area contributed by atoms with E-state index in [-0.39, 0.29) is 5.91 Å². The van der Waals surface area contributed by atoms with Crippen molar-refractivity contribution in [1.29, 1.82) is 0 Å². The van der Waals surface area contributed by atoms with Crippen molar-refractivity contribution in [1.82, 2.24) is 0 Å². The molecule has 0 spiro atoms. The van der Waals surface area contributed by atoms with Crippen LogP contribution in [-0.2, 0) is 4.79 Å². The second-order valence-corrected chi connectivity index (χ2v) is 10.6. The summed E-state index contributed by atoms with van der Waals surface area (Å²) in [5, 5.41) is 3.03. The van der Waals surface area contributed by atoms with Gasteiger partial charge in [0.1, 0.15) is 0 Å². The fraction of sp³-hybridized carbons (Fsp3) is 0.690. The van der Waals surface area contributed by atoms with Crippen molar-refractivity contribution in [2.45, 2.75) is 111 Å². The highest BCUT2D eigenvalue weighted by Gasteiger charge is 2.31. The van der Waals surface area contributed by atoms with Crippen molar-refractivity contribution in [2.75, 3.05) is 5.32 Å². The first-order valence-corrected chi connectivity index (χ1v) is 13.0. The summed E-state index contributed by atoms with van der Waals surface area (Å²) in [4.78, 5) is 12.2. The maximum Gasteiger partial charge on any atom is 0.251 e. The lowest BCUT2D eigenvalue weighted by molar-refractivity contribution is -0.112. The van der Waals surface area contributed by atoms with Gasteiger partial charge in [0.15, 0.2) is 0 Å². The van der Waals surface area contributed by atoms with Crippen LogP contribution < -0.4 is 5.32 Å². The van der Waals surface area contributed by atoms with Gasteiger partial charge in [0, 0.05) is 11.3 Å². The van der Waals surface area contributed by atoms with Crippen molar-refractivity contribution in [3.8, 4) is 0 Å². The molecule has 0 atom stereocenters. The van der Waals surface area contributed by atoms with Gasteiger partial charge in [0.2, 0.25) is 0 Å². The molecule has 2 aliphatic rings. The van der Waals surface area contributed by atoms with Gasteiger partial charge >= 0.3 is 0 Å². The van der Waals surface area contributed by atoms with Gasteiger partial charge in [0.05, 0.1) is 0 Å². The van der Waals surface area contributed by atoms with Crippen molar-refractivity contribution >= 4 is 11.6 Å². The summed E-state index contributed by atoms with van der Waals surface area (Å²) in [6.45, 7) is 8.16. The number of hydrogen-bond acceptors (Lipinski definition) is 1. The number of benzene rings is 1. The second kappa shape index (κ2) is 11.9. The van der Waals surface area contributed by atoms with Gasteiger partial charge in [-0.1, -0.05) is 63.2 Å². The second-order valence-electron chi connectivity index (χ2n) is 10.6. The number of carbonyl (C=O) groups excluding carboxylic acids is 1. The van der Waals surface area contributed by atoms with E-state index in [9.17, 15) is 4.79 Å². The highest BCUT2D eigenvalue weighted by atomic mass is 16.1. The summed E-state index contributed by atoms with van der Waals surface area (Å²) < 4.78 is 0. The molecule has 0 aromatic heterocycles. The van der Waals surface area contributed by atoms with Crippen molar-refractivity contribution < 1.29 is 4.79 Å². The number of hydrogen-bond donors (Lipinski definition) is 1. The van der Waals surface area contributed by atoms with E-state index in [1.165, 1.54) is 82.6 Å². The summed E-state index contributed by atoms with van der Waals surface area (Å²) in [7, 11) is 0. The average molecular weight is 424 g/mol. The molecule has 1 aromatic rings. The van der Waals surface area contributed by atoms with Crippen LogP contribution >= 0.6 is 0 Å². The fourth-order valence-electron chi connectivity index (χ4n) is 5.85. The molecule has 1 N–H and O–H groups in total. The van der Waals surface area contributed by atoms with Crippen LogP contribution in [0.1, 0.15) is 116 Å². The zero-order valence-electron chi connectivity index (χ0n) is 20.5. The predicted octanol–water partition coefficient (Wildman–Crippen LogP) is 8.64. The number of allylic oxidation sites excluding steroid dienone is 1. The third-order valence-corrected chi connectivity index (χ3v) is 8.28. The molecule has 2 nitrogen and oxygen atoms in total. The van der Waals surface area contributed by atoms with Crippen LogP contribution in [0.3, 0.4) is 0 Å². The number of unbranched alkanes of at least 4 members (excludes halogenated alkanes) is 2. The van der Waals surface area contributed by atoms with Crippen LogP contribution in [0.15, 0.2) is 35.4 Å². The Bertz CT molecular complexity index is 712. The van der Waals surface area contributed by atoms with E-state index < -0.39 is 0 Å². The maximum atomic E-state index is 12.2. The normalized spacial score (nSPS) is 26.3. The number of rotatable bonds is 8. The lowest BCUT2D eigenvalue weighted by atomic mass is 9.68. The first kappa shape index (κ1) is 24.1. The summed E-state index contributed by atoms with van der Waals surface area (Å²) in [6.07, 6.45) is 17.2. The molecule has 0 unspecified atom stereocenters. The SMILES string of the molecule is CCCCCC1CCC(C2CCC(c3ccc(NC(=O)C(C)=C(C)C)cc3)CC2)CC1. The quantitative estimate of drug-likeness (QED) is 0.329. The zero-order chi connectivity index (χ0) is 22.2. The van der Waals surface area contributed by atoms with Gasteiger partial charge in [-0.25, -0.2) is 0 Å². The van der Waals surface area contributed by atoms with Crippen LogP contribution in [0, 0.1) is 17.8 Å². The summed E-state index contributed by atoms with van der Waals surface area (Å²) >= 11 is 0. The van der Waals surface area contributed by atoms with Gasteiger partial charge in [-0.2, -0.15) is 0 Å². The number of nitrogens with one attached hydrogen (secondary N) is 1. The molecule has 0 aliphatic heterocycles. The highest BCUT2D eigenvalue weighted by molar-refractivity contribution is 6.03. The average Bonchev–Trinajstić information content (AvgIpc) is 2.80.